The Kier molecular flexibility index (Phi) is 6.52. The van der Waals surface area contributed by atoms with Gasteiger partial charge in [-0.3, -0.25) is 9.59 Å². The zero-order valence-electron chi connectivity index (χ0n) is 16.9. The van der Waals surface area contributed by atoms with E-state index in [9.17, 15) is 9.59 Å². The predicted octanol–water partition coefficient (Wildman–Crippen LogP) is 1.41. The van der Waals surface area contributed by atoms with Crippen LogP contribution in [0.5, 0.6) is 0 Å². The SMILES string of the molecule is CC(=O)N1CCC(C(=O)N2CCCC(c3nccn3CCN(C)C)C2)CC1. The molecule has 2 amide bonds. The molecule has 1 atom stereocenters. The summed E-state index contributed by atoms with van der Waals surface area (Å²) in [5.74, 6) is 1.88. The lowest BCUT2D eigenvalue weighted by molar-refractivity contribution is -0.141. The van der Waals surface area contributed by atoms with Crippen molar-refractivity contribution in [1.82, 2.24) is 24.3 Å². The summed E-state index contributed by atoms with van der Waals surface area (Å²) < 4.78 is 2.24. The Morgan fingerprint density at radius 3 is 2.56 bits per heavy atom. The second-order valence-corrected chi connectivity index (χ2v) is 8.19. The number of imidazole rings is 1. The average Bonchev–Trinajstić information content (AvgIpc) is 3.14. The Balaban J connectivity index is 1.59. The lowest BCUT2D eigenvalue weighted by atomic mass is 9.92. The van der Waals surface area contributed by atoms with Crippen LogP contribution >= 0.6 is 0 Å². The van der Waals surface area contributed by atoms with Crippen LogP contribution in [0, 0.1) is 5.92 Å². The molecule has 7 heteroatoms. The fourth-order valence-corrected chi connectivity index (χ4v) is 4.27. The summed E-state index contributed by atoms with van der Waals surface area (Å²) in [7, 11) is 4.16. The topological polar surface area (TPSA) is 61.7 Å². The molecule has 7 nitrogen and oxygen atoms in total. The Morgan fingerprint density at radius 2 is 1.89 bits per heavy atom. The third kappa shape index (κ3) is 4.89. The number of likely N-dealkylation sites (tertiary alicyclic amines) is 2. The van der Waals surface area contributed by atoms with Crippen LogP contribution in [0.25, 0.3) is 0 Å². The van der Waals surface area contributed by atoms with E-state index in [1.807, 2.05) is 16.0 Å². The number of piperidine rings is 2. The van der Waals surface area contributed by atoms with Gasteiger partial charge in [0.05, 0.1) is 0 Å². The largest absolute Gasteiger partial charge is 0.343 e. The van der Waals surface area contributed by atoms with Gasteiger partial charge in [-0.25, -0.2) is 4.98 Å². The van der Waals surface area contributed by atoms with Crippen LogP contribution in [0.4, 0.5) is 0 Å². The number of amides is 2. The van der Waals surface area contributed by atoms with E-state index in [2.05, 4.69) is 34.7 Å². The van der Waals surface area contributed by atoms with Gasteiger partial charge in [0.2, 0.25) is 11.8 Å². The fraction of sp³-hybridized carbons (Fsp3) is 0.750. The zero-order valence-corrected chi connectivity index (χ0v) is 16.9. The summed E-state index contributed by atoms with van der Waals surface area (Å²) in [5.41, 5.74) is 0. The number of rotatable bonds is 5. The van der Waals surface area contributed by atoms with Gasteiger partial charge in [-0.05, 0) is 39.8 Å². The Hall–Kier alpha value is -1.89. The summed E-state index contributed by atoms with van der Waals surface area (Å²) in [4.78, 5) is 35.2. The van der Waals surface area contributed by atoms with Crippen molar-refractivity contribution in [3.05, 3.63) is 18.2 Å². The molecule has 0 spiro atoms. The highest BCUT2D eigenvalue weighted by Gasteiger charge is 2.33. The van der Waals surface area contributed by atoms with Crippen molar-refractivity contribution < 1.29 is 9.59 Å². The van der Waals surface area contributed by atoms with Crippen molar-refractivity contribution in [2.24, 2.45) is 5.92 Å². The smallest absolute Gasteiger partial charge is 0.225 e. The average molecular weight is 376 g/mol. The van der Waals surface area contributed by atoms with E-state index in [1.165, 1.54) is 0 Å². The fourth-order valence-electron chi connectivity index (χ4n) is 4.27. The highest BCUT2D eigenvalue weighted by molar-refractivity contribution is 5.80. The third-order valence-electron chi connectivity index (χ3n) is 5.92. The molecule has 0 aliphatic carbocycles. The molecular weight excluding hydrogens is 342 g/mol. The molecule has 1 unspecified atom stereocenters. The summed E-state index contributed by atoms with van der Waals surface area (Å²) in [6.07, 6.45) is 7.63. The van der Waals surface area contributed by atoms with Gasteiger partial charge >= 0.3 is 0 Å². The van der Waals surface area contributed by atoms with Gasteiger partial charge in [-0.2, -0.15) is 0 Å². The standard InChI is InChI=1S/C20H33N5O2/c1-16(26)23-10-6-17(7-11-23)20(27)25-9-4-5-18(15-25)19-21-8-12-24(19)14-13-22(2)3/h8,12,17-18H,4-7,9-11,13-15H2,1-3H3. The molecule has 1 aromatic heterocycles. The first kappa shape index (κ1) is 19.9. The van der Waals surface area contributed by atoms with E-state index >= 15 is 0 Å². The van der Waals surface area contributed by atoms with Crippen molar-refractivity contribution in [1.29, 1.82) is 0 Å². The molecule has 3 heterocycles. The molecule has 2 saturated heterocycles. The van der Waals surface area contributed by atoms with Crippen molar-refractivity contribution in [3.63, 3.8) is 0 Å². The Morgan fingerprint density at radius 1 is 1.15 bits per heavy atom. The maximum absolute atomic E-state index is 13.0. The molecule has 2 aliphatic heterocycles. The van der Waals surface area contributed by atoms with Crippen LogP contribution in [0.15, 0.2) is 12.4 Å². The molecule has 0 N–H and O–H groups in total. The number of nitrogens with zero attached hydrogens (tertiary/aromatic N) is 5. The molecule has 2 fully saturated rings. The summed E-state index contributed by atoms with van der Waals surface area (Å²) in [5, 5.41) is 0. The summed E-state index contributed by atoms with van der Waals surface area (Å²) in [6, 6.07) is 0. The van der Waals surface area contributed by atoms with Crippen molar-refractivity contribution >= 4 is 11.8 Å². The van der Waals surface area contributed by atoms with Gasteiger partial charge in [-0.15, -0.1) is 0 Å². The third-order valence-corrected chi connectivity index (χ3v) is 5.92. The summed E-state index contributed by atoms with van der Waals surface area (Å²) in [6.45, 7) is 6.54. The number of carbonyl (C=O) groups excluding carboxylic acids is 2. The highest BCUT2D eigenvalue weighted by atomic mass is 16.2. The van der Waals surface area contributed by atoms with E-state index < -0.39 is 0 Å². The molecule has 1 aromatic rings. The minimum Gasteiger partial charge on any atom is -0.343 e. The molecule has 0 bridgehead atoms. The maximum Gasteiger partial charge on any atom is 0.225 e. The molecule has 3 rings (SSSR count). The summed E-state index contributed by atoms with van der Waals surface area (Å²) >= 11 is 0. The monoisotopic (exact) mass is 375 g/mol. The van der Waals surface area contributed by atoms with Gasteiger partial charge in [0.15, 0.2) is 0 Å². The van der Waals surface area contributed by atoms with Crippen molar-refractivity contribution in [3.8, 4) is 0 Å². The van der Waals surface area contributed by atoms with Gasteiger partial charge < -0.3 is 19.3 Å². The van der Waals surface area contributed by atoms with Crippen LogP contribution in [0.1, 0.15) is 44.3 Å². The van der Waals surface area contributed by atoms with E-state index in [0.29, 0.717) is 19.0 Å². The van der Waals surface area contributed by atoms with E-state index in [-0.39, 0.29) is 17.7 Å². The first-order valence-corrected chi connectivity index (χ1v) is 10.2. The molecule has 0 aromatic carbocycles. The maximum atomic E-state index is 13.0. The van der Waals surface area contributed by atoms with E-state index in [0.717, 1.165) is 57.7 Å². The molecular formula is C20H33N5O2. The second kappa shape index (κ2) is 8.87. The quantitative estimate of drug-likeness (QED) is 0.781. The molecule has 2 aliphatic rings. The minimum atomic E-state index is 0.0628. The number of likely N-dealkylation sites (N-methyl/N-ethyl adjacent to an activating group) is 1. The molecule has 27 heavy (non-hydrogen) atoms. The van der Waals surface area contributed by atoms with Crippen LogP contribution in [0.2, 0.25) is 0 Å². The number of carbonyl (C=O) groups is 2. The number of hydrogen-bond donors (Lipinski definition) is 0. The van der Waals surface area contributed by atoms with E-state index in [4.69, 9.17) is 0 Å². The minimum absolute atomic E-state index is 0.0628. The number of hydrogen-bond acceptors (Lipinski definition) is 4. The first-order valence-electron chi connectivity index (χ1n) is 10.2. The van der Waals surface area contributed by atoms with Crippen molar-refractivity contribution in [2.75, 3.05) is 46.8 Å². The molecule has 150 valence electrons. The van der Waals surface area contributed by atoms with Crippen molar-refractivity contribution in [2.45, 2.75) is 45.1 Å². The Bertz CT molecular complexity index is 649. The van der Waals surface area contributed by atoms with Crippen LogP contribution < -0.4 is 0 Å². The van der Waals surface area contributed by atoms with Crippen LogP contribution in [-0.4, -0.2) is 82.9 Å². The molecule has 0 radical (unpaired) electrons. The van der Waals surface area contributed by atoms with Gasteiger partial charge in [0.1, 0.15) is 5.82 Å². The Labute approximate surface area is 162 Å². The van der Waals surface area contributed by atoms with Gasteiger partial charge in [0.25, 0.3) is 0 Å². The lowest BCUT2D eigenvalue weighted by Gasteiger charge is -2.37. The van der Waals surface area contributed by atoms with Gasteiger partial charge in [-0.1, -0.05) is 0 Å². The van der Waals surface area contributed by atoms with Crippen LogP contribution in [-0.2, 0) is 16.1 Å². The first-order chi connectivity index (χ1) is 13.0. The second-order valence-electron chi connectivity index (χ2n) is 8.19. The highest BCUT2D eigenvalue weighted by Crippen LogP contribution is 2.28. The van der Waals surface area contributed by atoms with Gasteiger partial charge in [0, 0.05) is 70.4 Å². The molecule has 0 saturated carbocycles. The normalized spacial score (nSPS) is 21.7. The van der Waals surface area contributed by atoms with Crippen LogP contribution in [0.3, 0.4) is 0 Å². The predicted molar refractivity (Wildman–Crippen MR) is 104 cm³/mol. The zero-order chi connectivity index (χ0) is 19.4. The number of aromatic nitrogens is 2. The lowest BCUT2D eigenvalue weighted by Crippen LogP contribution is -2.46. The van der Waals surface area contributed by atoms with E-state index in [1.54, 1.807) is 6.92 Å².